The van der Waals surface area contributed by atoms with E-state index in [4.69, 9.17) is 4.74 Å². The Kier molecular flexibility index (Phi) is 5.84. The summed E-state index contributed by atoms with van der Waals surface area (Å²) in [5.41, 5.74) is 0.0753. The number of amides is 1. The largest absolute Gasteiger partial charge is 0.461 e. The molecule has 0 bridgehead atoms. The second kappa shape index (κ2) is 9.11. The molecule has 0 saturated heterocycles. The summed E-state index contributed by atoms with van der Waals surface area (Å²) in [4.78, 5) is 39.4. The van der Waals surface area contributed by atoms with Gasteiger partial charge in [-0.1, -0.05) is 36.4 Å². The first-order chi connectivity index (χ1) is 17.0. The monoisotopic (exact) mass is 487 g/mol. The summed E-state index contributed by atoms with van der Waals surface area (Å²) in [7, 11) is 0. The zero-order valence-electron chi connectivity index (χ0n) is 18.4. The molecule has 0 saturated carbocycles. The summed E-state index contributed by atoms with van der Waals surface area (Å²) in [5, 5.41) is 11.0. The molecule has 7 nitrogen and oxygen atoms in total. The van der Waals surface area contributed by atoms with Crippen molar-refractivity contribution in [3.05, 3.63) is 99.5 Å². The van der Waals surface area contributed by atoms with Crippen molar-refractivity contribution in [2.24, 2.45) is 0 Å². The van der Waals surface area contributed by atoms with Crippen LogP contribution in [-0.2, 0) is 4.74 Å². The lowest BCUT2D eigenvalue weighted by Crippen LogP contribution is -2.25. The molecule has 0 aliphatic carbocycles. The summed E-state index contributed by atoms with van der Waals surface area (Å²) in [6.45, 7) is 1.78. The minimum atomic E-state index is -0.710. The van der Waals surface area contributed by atoms with Crippen LogP contribution < -0.4 is 10.9 Å². The summed E-state index contributed by atoms with van der Waals surface area (Å²) in [5.74, 6) is -1.59. The number of hydrogen-bond acceptors (Lipinski definition) is 6. The molecule has 0 unspecified atom stereocenters. The molecule has 35 heavy (non-hydrogen) atoms. The van der Waals surface area contributed by atoms with Crippen molar-refractivity contribution in [1.82, 2.24) is 9.78 Å². The molecule has 0 spiro atoms. The first-order valence-corrected chi connectivity index (χ1v) is 11.6. The van der Waals surface area contributed by atoms with Gasteiger partial charge in [0, 0.05) is 16.3 Å². The third kappa shape index (κ3) is 4.06. The van der Waals surface area contributed by atoms with Crippen LogP contribution in [0.5, 0.6) is 0 Å². The lowest BCUT2D eigenvalue weighted by atomic mass is 10.0. The van der Waals surface area contributed by atoms with Crippen molar-refractivity contribution in [3.63, 3.8) is 0 Å². The first kappa shape index (κ1) is 22.4. The summed E-state index contributed by atoms with van der Waals surface area (Å²) in [6, 6.07) is 18.0. The van der Waals surface area contributed by atoms with Crippen molar-refractivity contribution >= 4 is 49.8 Å². The van der Waals surface area contributed by atoms with Crippen LogP contribution in [0.1, 0.15) is 27.8 Å². The number of fused-ring (bicyclic) bond motifs is 2. The van der Waals surface area contributed by atoms with Crippen LogP contribution in [0.3, 0.4) is 0 Å². The average molecular weight is 488 g/mol. The molecule has 0 radical (unpaired) electrons. The lowest BCUT2D eigenvalue weighted by molar-refractivity contribution is 0.0520. The fourth-order valence-corrected chi connectivity index (χ4v) is 4.78. The van der Waals surface area contributed by atoms with Crippen LogP contribution in [0.15, 0.2) is 76.9 Å². The summed E-state index contributed by atoms with van der Waals surface area (Å²) in [6.07, 6.45) is 0. The molecule has 9 heteroatoms. The average Bonchev–Trinajstić information content (AvgIpc) is 3.28. The zero-order valence-corrected chi connectivity index (χ0v) is 19.3. The number of nitrogens with one attached hydrogen (secondary N) is 1. The van der Waals surface area contributed by atoms with Crippen molar-refractivity contribution in [2.45, 2.75) is 6.92 Å². The van der Waals surface area contributed by atoms with Gasteiger partial charge < -0.3 is 10.1 Å². The van der Waals surface area contributed by atoms with Gasteiger partial charge in [0.05, 0.1) is 17.7 Å². The molecular formula is C26H18FN3O4S. The maximum absolute atomic E-state index is 13.5. The van der Waals surface area contributed by atoms with Crippen LogP contribution in [0, 0.1) is 5.82 Å². The van der Waals surface area contributed by atoms with Crippen molar-refractivity contribution < 1.29 is 18.7 Å². The Balaban J connectivity index is 1.66. The molecule has 5 aromatic rings. The maximum atomic E-state index is 13.5. The minimum Gasteiger partial charge on any atom is -0.461 e. The number of aromatic nitrogens is 2. The third-order valence-corrected chi connectivity index (χ3v) is 6.35. The van der Waals surface area contributed by atoms with E-state index in [-0.39, 0.29) is 33.8 Å². The van der Waals surface area contributed by atoms with Gasteiger partial charge in [-0.2, -0.15) is 9.78 Å². The molecule has 0 atom stereocenters. The van der Waals surface area contributed by atoms with E-state index in [1.807, 2.05) is 30.3 Å². The fourth-order valence-electron chi connectivity index (χ4n) is 3.84. The molecule has 174 valence electrons. The Labute approximate surface area is 202 Å². The number of carbonyl (C=O) groups is 2. The van der Waals surface area contributed by atoms with E-state index in [1.165, 1.54) is 24.3 Å². The Morgan fingerprint density at radius 3 is 2.54 bits per heavy atom. The smallest absolute Gasteiger partial charge is 0.359 e. The molecule has 0 aliphatic rings. The van der Waals surface area contributed by atoms with Gasteiger partial charge in [-0.15, -0.1) is 11.3 Å². The van der Waals surface area contributed by atoms with E-state index in [0.29, 0.717) is 5.56 Å². The van der Waals surface area contributed by atoms with E-state index in [2.05, 4.69) is 10.4 Å². The van der Waals surface area contributed by atoms with E-state index in [1.54, 1.807) is 24.4 Å². The number of nitrogens with zero attached hydrogens (tertiary/aromatic N) is 2. The number of anilines is 1. The number of carbonyl (C=O) groups excluding carboxylic acids is 2. The molecule has 1 amide bonds. The van der Waals surface area contributed by atoms with Crippen LogP contribution in [0.4, 0.5) is 9.39 Å². The normalized spacial score (nSPS) is 11.0. The highest BCUT2D eigenvalue weighted by Gasteiger charge is 2.23. The Hall–Kier alpha value is -4.37. The highest BCUT2D eigenvalue weighted by molar-refractivity contribution is 7.16. The Morgan fingerprint density at radius 1 is 1.03 bits per heavy atom. The van der Waals surface area contributed by atoms with Crippen LogP contribution in [0.2, 0.25) is 0 Å². The lowest BCUT2D eigenvalue weighted by Gasteiger charge is -2.10. The molecular weight excluding hydrogens is 469 g/mol. The van der Waals surface area contributed by atoms with Crippen LogP contribution in [-0.4, -0.2) is 28.3 Å². The van der Waals surface area contributed by atoms with Crippen molar-refractivity contribution in [1.29, 1.82) is 0 Å². The topological polar surface area (TPSA) is 90.3 Å². The number of rotatable bonds is 5. The van der Waals surface area contributed by atoms with Gasteiger partial charge in [0.1, 0.15) is 10.8 Å². The molecule has 3 aromatic carbocycles. The van der Waals surface area contributed by atoms with Crippen molar-refractivity contribution in [2.75, 3.05) is 11.9 Å². The second-order valence-electron chi connectivity index (χ2n) is 7.60. The van der Waals surface area contributed by atoms with E-state index in [9.17, 15) is 18.8 Å². The zero-order chi connectivity index (χ0) is 24.5. The summed E-state index contributed by atoms with van der Waals surface area (Å²) >= 11 is 1.11. The molecule has 1 N–H and O–H groups in total. The van der Waals surface area contributed by atoms with Gasteiger partial charge in [0.15, 0.2) is 5.69 Å². The van der Waals surface area contributed by atoms with Gasteiger partial charge in [-0.3, -0.25) is 9.59 Å². The number of halogens is 1. The number of thiophene rings is 1. The van der Waals surface area contributed by atoms with Crippen LogP contribution >= 0.6 is 11.3 Å². The minimum absolute atomic E-state index is 0.0762. The summed E-state index contributed by atoms with van der Waals surface area (Å²) < 4.78 is 19.6. The predicted molar refractivity (Wildman–Crippen MR) is 133 cm³/mol. The van der Waals surface area contributed by atoms with Crippen LogP contribution in [0.25, 0.3) is 27.2 Å². The van der Waals surface area contributed by atoms with Gasteiger partial charge in [-0.05, 0) is 48.0 Å². The Bertz CT molecular complexity index is 1650. The first-order valence-electron chi connectivity index (χ1n) is 10.7. The molecule has 2 heterocycles. The molecule has 2 aromatic heterocycles. The van der Waals surface area contributed by atoms with E-state index in [0.717, 1.165) is 26.8 Å². The number of esters is 1. The standard InChI is InChI=1S/C26H18FN3O4S/c1-2-34-26(33)22-20-14-35-24(21(20)25(32)30(29-22)17-12-10-16(27)11-13-17)28-23(31)19-9-5-7-15-6-3-4-8-18(15)19/h3-14H,2H2,1H3,(H,28,31). The quantitative estimate of drug-likeness (QED) is 0.346. The van der Waals surface area contributed by atoms with Crippen molar-refractivity contribution in [3.8, 4) is 5.69 Å². The van der Waals surface area contributed by atoms with Gasteiger partial charge >= 0.3 is 5.97 Å². The van der Waals surface area contributed by atoms with E-state index < -0.39 is 23.3 Å². The molecule has 5 rings (SSSR count). The molecule has 0 aliphatic heterocycles. The predicted octanol–water partition coefficient (Wildman–Crippen LogP) is 5.17. The van der Waals surface area contributed by atoms with Gasteiger partial charge in [0.2, 0.25) is 0 Å². The number of benzene rings is 3. The fraction of sp³-hybridized carbons (Fsp3) is 0.0769. The molecule has 0 fully saturated rings. The number of ether oxygens (including phenoxy) is 1. The van der Waals surface area contributed by atoms with E-state index >= 15 is 0 Å². The third-order valence-electron chi connectivity index (χ3n) is 5.45. The van der Waals surface area contributed by atoms with Gasteiger partial charge in [-0.25, -0.2) is 9.18 Å². The maximum Gasteiger partial charge on any atom is 0.359 e. The second-order valence-corrected chi connectivity index (χ2v) is 8.48. The highest BCUT2D eigenvalue weighted by Crippen LogP contribution is 2.31. The SMILES string of the molecule is CCOC(=O)c1nn(-c2ccc(F)cc2)c(=O)c2c(NC(=O)c3cccc4ccccc34)scc12. The number of hydrogen-bond donors (Lipinski definition) is 1. The Morgan fingerprint density at radius 2 is 1.77 bits per heavy atom. The van der Waals surface area contributed by atoms with Gasteiger partial charge in [0.25, 0.3) is 11.5 Å². The highest BCUT2D eigenvalue weighted by atomic mass is 32.1.